The monoisotopic (exact) mass is 301 g/mol. The smallest absolute Gasteiger partial charge is 0.133 e. The molecule has 0 radical (unpaired) electrons. The zero-order valence-corrected chi connectivity index (χ0v) is 12.4. The molecule has 17 heavy (non-hydrogen) atoms. The van der Waals surface area contributed by atoms with Gasteiger partial charge in [0.05, 0.1) is 18.7 Å². The maximum Gasteiger partial charge on any atom is 0.133 e. The van der Waals surface area contributed by atoms with Gasteiger partial charge < -0.3 is 15.2 Å². The third kappa shape index (κ3) is 3.13. The third-order valence-electron chi connectivity index (χ3n) is 3.12. The summed E-state index contributed by atoms with van der Waals surface area (Å²) in [6, 6.07) is 3.80. The molecule has 0 saturated heterocycles. The van der Waals surface area contributed by atoms with Gasteiger partial charge in [0, 0.05) is 11.6 Å². The first-order chi connectivity index (χ1) is 8.04. The van der Waals surface area contributed by atoms with Gasteiger partial charge >= 0.3 is 0 Å². The lowest BCUT2D eigenvalue weighted by Gasteiger charge is -2.22. The number of hydrogen-bond donors (Lipinski definition) is 1. The van der Waals surface area contributed by atoms with Gasteiger partial charge in [-0.3, -0.25) is 0 Å². The highest BCUT2D eigenvalue weighted by Gasteiger charge is 2.19. The van der Waals surface area contributed by atoms with Crippen LogP contribution in [0, 0.1) is 5.92 Å². The van der Waals surface area contributed by atoms with Crippen molar-refractivity contribution in [3.8, 4) is 11.5 Å². The van der Waals surface area contributed by atoms with Crippen molar-refractivity contribution < 1.29 is 9.47 Å². The molecule has 96 valence electrons. The first-order valence-electron chi connectivity index (χ1n) is 5.72. The lowest BCUT2D eigenvalue weighted by Crippen LogP contribution is -2.19. The van der Waals surface area contributed by atoms with Gasteiger partial charge in [0.2, 0.25) is 0 Å². The molecule has 1 rings (SSSR count). The number of benzene rings is 1. The van der Waals surface area contributed by atoms with Crippen LogP contribution in [0.15, 0.2) is 16.6 Å². The minimum absolute atomic E-state index is 0.0445. The molecule has 4 heteroatoms. The molecule has 0 saturated carbocycles. The SMILES string of the molecule is CCC(C)[C@H](N)c1cc(OC)c(Br)cc1OC. The number of hydrogen-bond acceptors (Lipinski definition) is 3. The zero-order valence-electron chi connectivity index (χ0n) is 10.8. The molecule has 0 aliphatic carbocycles. The molecule has 1 unspecified atom stereocenters. The maximum atomic E-state index is 6.25. The summed E-state index contributed by atoms with van der Waals surface area (Å²) in [5.41, 5.74) is 7.24. The van der Waals surface area contributed by atoms with Crippen LogP contribution >= 0.6 is 15.9 Å². The standard InChI is InChI=1S/C13H20BrNO2/c1-5-8(2)13(15)9-6-12(17-4)10(14)7-11(9)16-3/h6-8,13H,5,15H2,1-4H3/t8?,13-/m0/s1. The molecule has 0 heterocycles. The summed E-state index contributed by atoms with van der Waals surface area (Å²) < 4.78 is 11.5. The molecular formula is C13H20BrNO2. The fourth-order valence-electron chi connectivity index (χ4n) is 1.71. The minimum atomic E-state index is -0.0445. The van der Waals surface area contributed by atoms with Gasteiger partial charge in [-0.25, -0.2) is 0 Å². The second-order valence-electron chi connectivity index (χ2n) is 4.14. The van der Waals surface area contributed by atoms with Crippen molar-refractivity contribution in [1.29, 1.82) is 0 Å². The summed E-state index contributed by atoms with van der Waals surface area (Å²) in [7, 11) is 3.30. The fraction of sp³-hybridized carbons (Fsp3) is 0.538. The van der Waals surface area contributed by atoms with Crippen LogP contribution in [0.3, 0.4) is 0 Å². The minimum Gasteiger partial charge on any atom is -0.496 e. The topological polar surface area (TPSA) is 44.5 Å². The van der Waals surface area contributed by atoms with E-state index in [2.05, 4.69) is 29.8 Å². The summed E-state index contributed by atoms with van der Waals surface area (Å²) >= 11 is 3.44. The van der Waals surface area contributed by atoms with Crippen LogP contribution in [-0.4, -0.2) is 14.2 Å². The molecule has 0 spiro atoms. The van der Waals surface area contributed by atoms with Crippen molar-refractivity contribution in [3.05, 3.63) is 22.2 Å². The number of methoxy groups -OCH3 is 2. The van der Waals surface area contributed by atoms with Crippen LogP contribution in [0.1, 0.15) is 31.9 Å². The zero-order chi connectivity index (χ0) is 13.0. The molecule has 0 aliphatic heterocycles. The summed E-state index contributed by atoms with van der Waals surface area (Å²) in [4.78, 5) is 0. The molecule has 2 atom stereocenters. The Balaban J connectivity index is 3.20. The van der Waals surface area contributed by atoms with Gasteiger partial charge in [-0.2, -0.15) is 0 Å². The van der Waals surface area contributed by atoms with Crippen LogP contribution < -0.4 is 15.2 Å². The molecule has 0 amide bonds. The van der Waals surface area contributed by atoms with E-state index in [4.69, 9.17) is 15.2 Å². The highest BCUT2D eigenvalue weighted by molar-refractivity contribution is 9.10. The van der Waals surface area contributed by atoms with Gasteiger partial charge in [0.1, 0.15) is 11.5 Å². The van der Waals surface area contributed by atoms with E-state index in [9.17, 15) is 0 Å². The molecule has 0 aromatic heterocycles. The summed E-state index contributed by atoms with van der Waals surface area (Å²) in [6.07, 6.45) is 1.03. The van der Waals surface area contributed by atoms with E-state index < -0.39 is 0 Å². The fourth-order valence-corrected chi connectivity index (χ4v) is 2.19. The summed E-state index contributed by atoms with van der Waals surface area (Å²) in [5, 5.41) is 0. The van der Waals surface area contributed by atoms with Crippen LogP contribution in [0.4, 0.5) is 0 Å². The number of halogens is 1. The van der Waals surface area contributed by atoms with Crippen LogP contribution in [0.2, 0.25) is 0 Å². The van der Waals surface area contributed by atoms with E-state index in [1.54, 1.807) is 14.2 Å². The Morgan fingerprint density at radius 2 is 1.82 bits per heavy atom. The molecular weight excluding hydrogens is 282 g/mol. The van der Waals surface area contributed by atoms with E-state index in [-0.39, 0.29) is 6.04 Å². The predicted octanol–water partition coefficient (Wildman–Crippen LogP) is 3.51. The highest BCUT2D eigenvalue weighted by atomic mass is 79.9. The van der Waals surface area contributed by atoms with E-state index in [1.165, 1.54) is 0 Å². The quantitative estimate of drug-likeness (QED) is 0.905. The van der Waals surface area contributed by atoms with Crippen molar-refractivity contribution in [2.45, 2.75) is 26.3 Å². The third-order valence-corrected chi connectivity index (χ3v) is 3.74. The number of ether oxygens (including phenoxy) is 2. The van der Waals surface area contributed by atoms with Crippen molar-refractivity contribution in [1.82, 2.24) is 0 Å². The molecule has 0 bridgehead atoms. The Labute approximate surface area is 111 Å². The lowest BCUT2D eigenvalue weighted by molar-refractivity contribution is 0.379. The first-order valence-corrected chi connectivity index (χ1v) is 6.51. The lowest BCUT2D eigenvalue weighted by atomic mass is 9.92. The van der Waals surface area contributed by atoms with Gasteiger partial charge in [-0.1, -0.05) is 20.3 Å². The molecule has 0 aliphatic rings. The van der Waals surface area contributed by atoms with Gasteiger partial charge in [-0.15, -0.1) is 0 Å². The summed E-state index contributed by atoms with van der Waals surface area (Å²) in [6.45, 7) is 4.27. The Bertz CT molecular complexity index is 382. The van der Waals surface area contributed by atoms with Gasteiger partial charge in [-0.05, 0) is 34.0 Å². The maximum absolute atomic E-state index is 6.25. The van der Waals surface area contributed by atoms with Crippen molar-refractivity contribution in [2.24, 2.45) is 11.7 Å². The number of rotatable bonds is 5. The van der Waals surface area contributed by atoms with Crippen LogP contribution in [0.5, 0.6) is 11.5 Å². The van der Waals surface area contributed by atoms with Gasteiger partial charge in [0.25, 0.3) is 0 Å². The normalized spacial score (nSPS) is 14.2. The van der Waals surface area contributed by atoms with Gasteiger partial charge in [0.15, 0.2) is 0 Å². The van der Waals surface area contributed by atoms with Crippen molar-refractivity contribution in [3.63, 3.8) is 0 Å². The Kier molecular flexibility index (Phi) is 5.28. The average Bonchev–Trinajstić information content (AvgIpc) is 2.36. The van der Waals surface area contributed by atoms with Crippen LogP contribution in [-0.2, 0) is 0 Å². The Morgan fingerprint density at radius 1 is 1.24 bits per heavy atom. The predicted molar refractivity (Wildman–Crippen MR) is 73.6 cm³/mol. The Morgan fingerprint density at radius 3 is 2.29 bits per heavy atom. The highest BCUT2D eigenvalue weighted by Crippen LogP contribution is 2.37. The van der Waals surface area contributed by atoms with E-state index in [0.29, 0.717) is 5.92 Å². The average molecular weight is 302 g/mol. The van der Waals surface area contributed by atoms with Crippen molar-refractivity contribution in [2.75, 3.05) is 14.2 Å². The summed E-state index contributed by atoms with van der Waals surface area (Å²) in [5.74, 6) is 1.97. The first kappa shape index (κ1) is 14.3. The van der Waals surface area contributed by atoms with E-state index in [0.717, 1.165) is 28.0 Å². The molecule has 1 aromatic carbocycles. The number of nitrogens with two attached hydrogens (primary N) is 1. The molecule has 0 fully saturated rings. The largest absolute Gasteiger partial charge is 0.496 e. The second kappa shape index (κ2) is 6.26. The van der Waals surface area contributed by atoms with E-state index in [1.807, 2.05) is 12.1 Å². The molecule has 3 nitrogen and oxygen atoms in total. The van der Waals surface area contributed by atoms with E-state index >= 15 is 0 Å². The molecule has 2 N–H and O–H groups in total. The second-order valence-corrected chi connectivity index (χ2v) is 4.99. The van der Waals surface area contributed by atoms with Crippen molar-refractivity contribution >= 4 is 15.9 Å². The molecule has 1 aromatic rings. The Hall–Kier alpha value is -0.740. The van der Waals surface area contributed by atoms with Crippen LogP contribution in [0.25, 0.3) is 0 Å².